The summed E-state index contributed by atoms with van der Waals surface area (Å²) in [6, 6.07) is 0. The molecule has 0 saturated carbocycles. The molecule has 1 aliphatic rings. The molecule has 20 heavy (non-hydrogen) atoms. The molecule has 0 radical (unpaired) electrons. The number of nitrogen functional groups attached to an aromatic ring is 1. The van der Waals surface area contributed by atoms with Gasteiger partial charge < -0.3 is 20.7 Å². The molecule has 6 heteroatoms. The maximum absolute atomic E-state index is 6.04. The van der Waals surface area contributed by atoms with Gasteiger partial charge in [-0.3, -0.25) is 0 Å². The first-order chi connectivity index (χ1) is 9.70. The van der Waals surface area contributed by atoms with E-state index < -0.39 is 0 Å². The number of ether oxygens (including phenoxy) is 1. The van der Waals surface area contributed by atoms with Gasteiger partial charge in [0.05, 0.1) is 6.61 Å². The third kappa shape index (κ3) is 3.96. The number of rotatable bonds is 6. The van der Waals surface area contributed by atoms with E-state index in [1.807, 2.05) is 0 Å². The average molecular weight is 279 g/mol. The Hall–Kier alpha value is -1.56. The molecule has 1 aromatic heterocycles. The summed E-state index contributed by atoms with van der Waals surface area (Å²) in [5, 5.41) is 3.34. The number of nitrogens with two attached hydrogens (primary N) is 1. The fourth-order valence-corrected chi connectivity index (χ4v) is 2.51. The lowest BCUT2D eigenvalue weighted by molar-refractivity contribution is 0.217. The van der Waals surface area contributed by atoms with Gasteiger partial charge in [-0.15, -0.1) is 0 Å². The van der Waals surface area contributed by atoms with Crippen molar-refractivity contribution in [3.8, 4) is 5.88 Å². The van der Waals surface area contributed by atoms with Gasteiger partial charge in [0.1, 0.15) is 12.0 Å². The number of piperidine rings is 1. The second kappa shape index (κ2) is 7.28. The molecule has 1 fully saturated rings. The third-order valence-electron chi connectivity index (χ3n) is 3.57. The van der Waals surface area contributed by atoms with Gasteiger partial charge in [-0.1, -0.05) is 6.92 Å². The molecule has 112 valence electrons. The molecule has 2 heterocycles. The molecule has 0 aliphatic carbocycles. The molecule has 1 atom stereocenters. The van der Waals surface area contributed by atoms with Crippen molar-refractivity contribution >= 4 is 11.5 Å². The van der Waals surface area contributed by atoms with E-state index in [0.29, 0.717) is 29.9 Å². The van der Waals surface area contributed by atoms with Crippen LogP contribution in [-0.2, 0) is 0 Å². The highest BCUT2D eigenvalue weighted by atomic mass is 16.5. The van der Waals surface area contributed by atoms with Crippen LogP contribution >= 0.6 is 0 Å². The zero-order valence-corrected chi connectivity index (χ0v) is 12.4. The van der Waals surface area contributed by atoms with E-state index in [9.17, 15) is 0 Å². The Bertz CT molecular complexity index is 426. The first-order valence-electron chi connectivity index (χ1n) is 7.36. The van der Waals surface area contributed by atoms with Crippen molar-refractivity contribution in [1.82, 2.24) is 14.9 Å². The van der Waals surface area contributed by atoms with Crippen LogP contribution in [0.4, 0.5) is 11.5 Å². The zero-order chi connectivity index (χ0) is 14.4. The van der Waals surface area contributed by atoms with Gasteiger partial charge in [0, 0.05) is 13.1 Å². The van der Waals surface area contributed by atoms with Crippen LogP contribution in [0.15, 0.2) is 6.33 Å². The molecule has 1 aromatic rings. The summed E-state index contributed by atoms with van der Waals surface area (Å²) in [7, 11) is 2.17. The van der Waals surface area contributed by atoms with Crippen molar-refractivity contribution in [3.63, 3.8) is 0 Å². The van der Waals surface area contributed by atoms with Gasteiger partial charge in [0.15, 0.2) is 5.82 Å². The van der Waals surface area contributed by atoms with Crippen LogP contribution in [0.25, 0.3) is 0 Å². The minimum absolute atomic E-state index is 0.477. The largest absolute Gasteiger partial charge is 0.476 e. The predicted octanol–water partition coefficient (Wildman–Crippen LogP) is 1.60. The first kappa shape index (κ1) is 14.8. The van der Waals surface area contributed by atoms with E-state index in [2.05, 4.69) is 34.2 Å². The SMILES string of the molecule is CCCOc1ncnc(NCC2CCCN(C)C2)c1N. The summed E-state index contributed by atoms with van der Waals surface area (Å²) in [6.07, 6.45) is 4.94. The molecule has 3 N–H and O–H groups in total. The fourth-order valence-electron chi connectivity index (χ4n) is 2.51. The highest BCUT2D eigenvalue weighted by molar-refractivity contribution is 5.66. The molecule has 1 aliphatic heterocycles. The lowest BCUT2D eigenvalue weighted by Crippen LogP contribution is -2.35. The molecule has 0 amide bonds. The minimum atomic E-state index is 0.477. The van der Waals surface area contributed by atoms with Crippen molar-refractivity contribution in [1.29, 1.82) is 0 Å². The molecule has 6 nitrogen and oxygen atoms in total. The summed E-state index contributed by atoms with van der Waals surface area (Å²) in [5.74, 6) is 1.80. The highest BCUT2D eigenvalue weighted by Gasteiger charge is 2.18. The molecule has 0 bridgehead atoms. The number of hydrogen-bond donors (Lipinski definition) is 2. The smallest absolute Gasteiger partial charge is 0.242 e. The van der Waals surface area contributed by atoms with Crippen LogP contribution in [0.3, 0.4) is 0 Å². The van der Waals surface area contributed by atoms with Gasteiger partial charge in [-0.25, -0.2) is 4.98 Å². The zero-order valence-electron chi connectivity index (χ0n) is 12.4. The summed E-state index contributed by atoms with van der Waals surface area (Å²) < 4.78 is 5.51. The van der Waals surface area contributed by atoms with Crippen LogP contribution in [-0.4, -0.2) is 48.2 Å². The maximum Gasteiger partial charge on any atom is 0.242 e. The molecular weight excluding hydrogens is 254 g/mol. The van der Waals surface area contributed by atoms with E-state index in [0.717, 1.165) is 19.5 Å². The number of anilines is 2. The second-order valence-electron chi connectivity index (χ2n) is 5.44. The number of likely N-dealkylation sites (tertiary alicyclic amines) is 1. The molecule has 0 spiro atoms. The Morgan fingerprint density at radius 1 is 1.50 bits per heavy atom. The number of nitrogens with zero attached hydrogens (tertiary/aromatic N) is 3. The summed E-state index contributed by atoms with van der Waals surface area (Å²) in [6.45, 7) is 5.88. The Balaban J connectivity index is 1.91. The first-order valence-corrected chi connectivity index (χ1v) is 7.36. The van der Waals surface area contributed by atoms with Crippen molar-refractivity contribution in [2.45, 2.75) is 26.2 Å². The van der Waals surface area contributed by atoms with Crippen molar-refractivity contribution in [2.75, 3.05) is 44.3 Å². The Morgan fingerprint density at radius 3 is 3.10 bits per heavy atom. The van der Waals surface area contributed by atoms with Crippen LogP contribution in [0.2, 0.25) is 0 Å². The third-order valence-corrected chi connectivity index (χ3v) is 3.57. The Morgan fingerprint density at radius 2 is 2.35 bits per heavy atom. The molecule has 1 saturated heterocycles. The molecule has 1 unspecified atom stereocenters. The lowest BCUT2D eigenvalue weighted by atomic mass is 9.98. The molecule has 2 rings (SSSR count). The molecular formula is C14H25N5O. The lowest BCUT2D eigenvalue weighted by Gasteiger charge is -2.29. The van der Waals surface area contributed by atoms with Crippen molar-refractivity contribution in [2.24, 2.45) is 5.92 Å². The quantitative estimate of drug-likeness (QED) is 0.824. The van der Waals surface area contributed by atoms with Gasteiger partial charge in [0.25, 0.3) is 0 Å². The van der Waals surface area contributed by atoms with Crippen LogP contribution in [0, 0.1) is 5.92 Å². The summed E-state index contributed by atoms with van der Waals surface area (Å²) >= 11 is 0. The van der Waals surface area contributed by atoms with Crippen LogP contribution < -0.4 is 15.8 Å². The van der Waals surface area contributed by atoms with Crippen molar-refractivity contribution < 1.29 is 4.74 Å². The van der Waals surface area contributed by atoms with Crippen molar-refractivity contribution in [3.05, 3.63) is 6.33 Å². The van der Waals surface area contributed by atoms with E-state index >= 15 is 0 Å². The number of aromatic nitrogens is 2. The molecule has 0 aromatic carbocycles. The van der Waals surface area contributed by atoms with E-state index in [1.165, 1.54) is 25.7 Å². The normalized spacial score (nSPS) is 19.8. The Labute approximate surface area is 120 Å². The average Bonchev–Trinajstić information content (AvgIpc) is 2.45. The Kier molecular flexibility index (Phi) is 5.40. The predicted molar refractivity (Wildman–Crippen MR) is 80.9 cm³/mol. The fraction of sp³-hybridized carbons (Fsp3) is 0.714. The summed E-state index contributed by atoms with van der Waals surface area (Å²) in [4.78, 5) is 10.7. The van der Waals surface area contributed by atoms with Gasteiger partial charge in [-0.2, -0.15) is 4.98 Å². The van der Waals surface area contributed by atoms with Gasteiger partial charge in [-0.05, 0) is 38.8 Å². The van der Waals surface area contributed by atoms with E-state index in [1.54, 1.807) is 0 Å². The monoisotopic (exact) mass is 279 g/mol. The number of nitrogens with one attached hydrogen (secondary N) is 1. The van der Waals surface area contributed by atoms with Crippen LogP contribution in [0.1, 0.15) is 26.2 Å². The second-order valence-corrected chi connectivity index (χ2v) is 5.44. The van der Waals surface area contributed by atoms with Gasteiger partial charge >= 0.3 is 0 Å². The summed E-state index contributed by atoms with van der Waals surface area (Å²) in [5.41, 5.74) is 6.55. The van der Waals surface area contributed by atoms with E-state index in [-0.39, 0.29) is 0 Å². The van der Waals surface area contributed by atoms with E-state index in [4.69, 9.17) is 10.5 Å². The maximum atomic E-state index is 6.04. The van der Waals surface area contributed by atoms with Gasteiger partial charge in [0.2, 0.25) is 5.88 Å². The highest BCUT2D eigenvalue weighted by Crippen LogP contribution is 2.25. The minimum Gasteiger partial charge on any atom is -0.476 e. The number of hydrogen-bond acceptors (Lipinski definition) is 6. The standard InChI is InChI=1S/C14H25N5O/c1-3-7-20-14-12(15)13(17-10-18-14)16-8-11-5-4-6-19(2)9-11/h10-11H,3-9,15H2,1-2H3,(H,16,17,18). The topological polar surface area (TPSA) is 76.3 Å². The van der Waals surface area contributed by atoms with Crippen LogP contribution in [0.5, 0.6) is 5.88 Å².